The van der Waals surface area contributed by atoms with Crippen molar-refractivity contribution in [3.8, 4) is 22.9 Å². The maximum atomic E-state index is 13.7. The van der Waals surface area contributed by atoms with Crippen LogP contribution in [-0.2, 0) is 4.79 Å². The number of carboxylic acid groups (broad SMARTS) is 1. The van der Waals surface area contributed by atoms with E-state index in [0.29, 0.717) is 30.9 Å². The maximum absolute atomic E-state index is 13.7. The fraction of sp³-hybridized carbons (Fsp3) is 0.231. The average molecular weight is 463 g/mol. The summed E-state index contributed by atoms with van der Waals surface area (Å²) in [5, 5.41) is 18.4. The first-order valence-corrected chi connectivity index (χ1v) is 11.5. The Morgan fingerprint density at radius 2 is 1.94 bits per heavy atom. The first-order chi connectivity index (χ1) is 16.0. The van der Waals surface area contributed by atoms with Crippen LogP contribution in [0.2, 0.25) is 0 Å². The van der Waals surface area contributed by atoms with Crippen molar-refractivity contribution in [2.45, 2.75) is 28.7 Å². The van der Waals surface area contributed by atoms with Crippen molar-refractivity contribution in [2.75, 3.05) is 19.7 Å². The van der Waals surface area contributed by atoms with Gasteiger partial charge in [0.15, 0.2) is 0 Å². The lowest BCUT2D eigenvalue weighted by Gasteiger charge is -2.21. The molecule has 7 heteroatoms. The molecule has 1 aliphatic rings. The van der Waals surface area contributed by atoms with Crippen LogP contribution in [0, 0.1) is 17.1 Å². The van der Waals surface area contributed by atoms with Gasteiger partial charge in [0.1, 0.15) is 24.2 Å². The Morgan fingerprint density at radius 1 is 1.15 bits per heavy atom. The molecule has 1 aliphatic heterocycles. The fourth-order valence-corrected chi connectivity index (χ4v) is 4.91. The predicted octanol–water partition coefficient (Wildman–Crippen LogP) is 5.44. The number of carboxylic acids is 1. The van der Waals surface area contributed by atoms with E-state index in [0.717, 1.165) is 33.9 Å². The third-order valence-electron chi connectivity index (χ3n) is 5.60. The van der Waals surface area contributed by atoms with Gasteiger partial charge in [0, 0.05) is 11.4 Å². The molecule has 0 radical (unpaired) electrons. The molecule has 33 heavy (non-hydrogen) atoms. The van der Waals surface area contributed by atoms with E-state index in [9.17, 15) is 14.3 Å². The molecule has 3 aromatic carbocycles. The number of nitrogens with zero attached hydrogens (tertiary/aromatic N) is 2. The summed E-state index contributed by atoms with van der Waals surface area (Å²) in [6.07, 6.45) is 1.53. The van der Waals surface area contributed by atoms with E-state index in [-0.39, 0.29) is 5.82 Å². The van der Waals surface area contributed by atoms with Gasteiger partial charge in [0.05, 0.1) is 16.5 Å². The van der Waals surface area contributed by atoms with E-state index in [4.69, 9.17) is 10.00 Å². The Hall–Kier alpha value is -3.34. The van der Waals surface area contributed by atoms with E-state index in [1.807, 2.05) is 41.3 Å². The van der Waals surface area contributed by atoms with E-state index >= 15 is 0 Å². The molecule has 4 rings (SSSR count). The zero-order valence-corrected chi connectivity index (χ0v) is 18.7. The topological polar surface area (TPSA) is 73.6 Å². The van der Waals surface area contributed by atoms with Gasteiger partial charge in [-0.05, 0) is 73.0 Å². The first-order valence-electron chi connectivity index (χ1n) is 10.7. The number of halogens is 1. The molecule has 3 aromatic rings. The number of nitriles is 1. The summed E-state index contributed by atoms with van der Waals surface area (Å²) >= 11 is 1.41. The molecule has 168 valence electrons. The monoisotopic (exact) mass is 462 g/mol. The Labute approximate surface area is 196 Å². The lowest BCUT2D eigenvalue weighted by atomic mass is 10.0. The minimum absolute atomic E-state index is 0.306. The molecule has 0 amide bonds. The van der Waals surface area contributed by atoms with Gasteiger partial charge in [-0.2, -0.15) is 5.26 Å². The van der Waals surface area contributed by atoms with E-state index in [1.54, 1.807) is 18.2 Å². The first kappa shape index (κ1) is 22.8. The van der Waals surface area contributed by atoms with Gasteiger partial charge in [-0.25, -0.2) is 4.39 Å². The third kappa shape index (κ3) is 5.72. The molecule has 0 bridgehead atoms. The number of hydrogen-bond acceptors (Lipinski definition) is 5. The van der Waals surface area contributed by atoms with Crippen molar-refractivity contribution in [3.05, 3.63) is 78.1 Å². The van der Waals surface area contributed by atoms with Gasteiger partial charge in [0.2, 0.25) is 0 Å². The summed E-state index contributed by atoms with van der Waals surface area (Å²) < 4.78 is 19.8. The van der Waals surface area contributed by atoms with Crippen LogP contribution in [0.1, 0.15) is 18.4 Å². The minimum Gasteiger partial charge on any atom is -0.491 e. The molecule has 0 spiro atoms. The van der Waals surface area contributed by atoms with Crippen LogP contribution in [0.25, 0.3) is 11.1 Å². The molecule has 0 saturated carbocycles. The van der Waals surface area contributed by atoms with Crippen molar-refractivity contribution in [1.29, 1.82) is 5.26 Å². The van der Waals surface area contributed by atoms with Crippen molar-refractivity contribution in [2.24, 2.45) is 0 Å². The van der Waals surface area contributed by atoms with Crippen LogP contribution in [0.3, 0.4) is 0 Å². The van der Waals surface area contributed by atoms with Crippen molar-refractivity contribution < 1.29 is 19.0 Å². The molecule has 1 saturated heterocycles. The highest BCUT2D eigenvalue weighted by molar-refractivity contribution is 7.99. The molecule has 0 aliphatic carbocycles. The number of rotatable bonds is 8. The highest BCUT2D eigenvalue weighted by atomic mass is 32.2. The smallest absolute Gasteiger partial charge is 0.320 e. The number of aliphatic carboxylic acids is 1. The van der Waals surface area contributed by atoms with E-state index < -0.39 is 12.0 Å². The molecule has 1 unspecified atom stereocenters. The molecule has 0 aromatic heterocycles. The van der Waals surface area contributed by atoms with Gasteiger partial charge in [-0.1, -0.05) is 36.0 Å². The third-order valence-corrected chi connectivity index (χ3v) is 6.63. The molecule has 1 fully saturated rings. The summed E-state index contributed by atoms with van der Waals surface area (Å²) in [4.78, 5) is 14.9. The SMILES string of the molecule is N#Cc1ccc(-c2ccc(OCCN3CCCC3C(=O)O)c(Sc3cccc(F)c3)c2)cc1. The molecular formula is C26H23FN2O3S. The van der Waals surface area contributed by atoms with Gasteiger partial charge < -0.3 is 9.84 Å². The molecule has 1 heterocycles. The second-order valence-corrected chi connectivity index (χ2v) is 8.91. The van der Waals surface area contributed by atoms with Gasteiger partial charge in [0.25, 0.3) is 0 Å². The maximum Gasteiger partial charge on any atom is 0.320 e. The normalized spacial score (nSPS) is 15.8. The largest absolute Gasteiger partial charge is 0.491 e. The number of benzene rings is 3. The highest BCUT2D eigenvalue weighted by Gasteiger charge is 2.30. The lowest BCUT2D eigenvalue weighted by molar-refractivity contribution is -0.142. The Morgan fingerprint density at radius 3 is 2.67 bits per heavy atom. The molecule has 1 atom stereocenters. The summed E-state index contributed by atoms with van der Waals surface area (Å²) in [5.74, 6) is -0.436. The van der Waals surface area contributed by atoms with Crippen LogP contribution in [-0.4, -0.2) is 41.7 Å². The minimum atomic E-state index is -0.790. The Balaban J connectivity index is 1.55. The molecule has 5 nitrogen and oxygen atoms in total. The van der Waals surface area contributed by atoms with E-state index in [1.165, 1.54) is 23.9 Å². The lowest BCUT2D eigenvalue weighted by Crippen LogP contribution is -2.38. The van der Waals surface area contributed by atoms with Crippen molar-refractivity contribution in [1.82, 2.24) is 4.90 Å². The predicted molar refractivity (Wildman–Crippen MR) is 125 cm³/mol. The van der Waals surface area contributed by atoms with Crippen LogP contribution < -0.4 is 4.74 Å². The van der Waals surface area contributed by atoms with Crippen molar-refractivity contribution in [3.63, 3.8) is 0 Å². The number of hydrogen-bond donors (Lipinski definition) is 1. The zero-order chi connectivity index (χ0) is 23.2. The van der Waals surface area contributed by atoms with Crippen LogP contribution in [0.4, 0.5) is 4.39 Å². The molecule has 1 N–H and O–H groups in total. The quantitative estimate of drug-likeness (QED) is 0.480. The van der Waals surface area contributed by atoms with Crippen LogP contribution in [0.15, 0.2) is 76.5 Å². The standard InChI is InChI=1S/C26H23FN2O3S/c27-21-3-1-4-22(16-21)33-25-15-20(19-8-6-18(17-28)7-9-19)10-11-24(25)32-14-13-29-12-2-5-23(29)26(30)31/h1,3-4,6-11,15-16,23H,2,5,12-14H2,(H,30,31). The van der Waals surface area contributed by atoms with Crippen molar-refractivity contribution >= 4 is 17.7 Å². The number of likely N-dealkylation sites (tertiary alicyclic amines) is 1. The Kier molecular flexibility index (Phi) is 7.28. The zero-order valence-electron chi connectivity index (χ0n) is 17.9. The Bertz CT molecular complexity index is 1180. The second kappa shape index (κ2) is 10.5. The van der Waals surface area contributed by atoms with Gasteiger partial charge in [-0.15, -0.1) is 0 Å². The summed E-state index contributed by atoms with van der Waals surface area (Å²) in [6.45, 7) is 1.64. The van der Waals surface area contributed by atoms with E-state index in [2.05, 4.69) is 6.07 Å². The highest BCUT2D eigenvalue weighted by Crippen LogP contribution is 2.38. The second-order valence-electron chi connectivity index (χ2n) is 7.79. The van der Waals surface area contributed by atoms with Crippen LogP contribution >= 0.6 is 11.8 Å². The summed E-state index contributed by atoms with van der Waals surface area (Å²) in [6, 6.07) is 21.2. The van der Waals surface area contributed by atoms with Crippen LogP contribution in [0.5, 0.6) is 5.75 Å². The molecular weight excluding hydrogens is 439 g/mol. The number of ether oxygens (including phenoxy) is 1. The summed E-state index contributed by atoms with van der Waals surface area (Å²) in [5.41, 5.74) is 2.51. The number of carbonyl (C=O) groups is 1. The average Bonchev–Trinajstić information content (AvgIpc) is 3.29. The van der Waals surface area contributed by atoms with Gasteiger partial charge >= 0.3 is 5.97 Å². The van der Waals surface area contributed by atoms with Gasteiger partial charge in [-0.3, -0.25) is 9.69 Å². The fourth-order valence-electron chi connectivity index (χ4n) is 3.93. The summed E-state index contributed by atoms with van der Waals surface area (Å²) in [7, 11) is 0.